The average molecular weight is 520 g/mol. The van der Waals surface area contributed by atoms with Crippen molar-refractivity contribution in [2.24, 2.45) is 0 Å². The van der Waals surface area contributed by atoms with Gasteiger partial charge in [0.25, 0.3) is 0 Å². The average Bonchev–Trinajstić information content (AvgIpc) is 3.25. The minimum absolute atomic E-state index is 0.0304. The molecular weight excluding hydrogens is 494 g/mol. The SMILES string of the molecule is Cc1nc(C)c(C(=O)C2=C([O-])C(=O)N(CCC[NH+]3CCOCC3)C2c2ccc(Br)cc2)s1. The lowest BCUT2D eigenvalue weighted by atomic mass is 9.95. The highest BCUT2D eigenvalue weighted by atomic mass is 79.9. The Morgan fingerprint density at radius 3 is 2.59 bits per heavy atom. The summed E-state index contributed by atoms with van der Waals surface area (Å²) >= 11 is 4.70. The summed E-state index contributed by atoms with van der Waals surface area (Å²) in [5, 5.41) is 13.8. The van der Waals surface area contributed by atoms with Crippen LogP contribution in [0.15, 0.2) is 40.1 Å². The van der Waals surface area contributed by atoms with Gasteiger partial charge in [0, 0.05) is 23.0 Å². The first kappa shape index (κ1) is 23.1. The Labute approximate surface area is 199 Å². The molecule has 0 spiro atoms. The molecule has 4 rings (SSSR count). The number of morpholine rings is 1. The maximum absolute atomic E-state index is 13.5. The van der Waals surface area contributed by atoms with Crippen molar-refractivity contribution in [1.29, 1.82) is 0 Å². The van der Waals surface area contributed by atoms with Gasteiger partial charge in [0.1, 0.15) is 13.1 Å². The fraction of sp³-hybridized carbons (Fsp3) is 0.435. The van der Waals surface area contributed by atoms with Crippen LogP contribution in [0.3, 0.4) is 0 Å². The first-order chi connectivity index (χ1) is 15.4. The zero-order valence-corrected chi connectivity index (χ0v) is 20.6. The van der Waals surface area contributed by atoms with Crippen molar-refractivity contribution in [2.45, 2.75) is 26.3 Å². The van der Waals surface area contributed by atoms with Crippen LogP contribution in [0.5, 0.6) is 0 Å². The number of aryl methyl sites for hydroxylation is 2. The number of aromatic nitrogens is 1. The van der Waals surface area contributed by atoms with Crippen molar-refractivity contribution < 1.29 is 24.3 Å². The molecular formula is C23H26BrN3O4S. The summed E-state index contributed by atoms with van der Waals surface area (Å²) in [6.45, 7) is 8.29. The lowest BCUT2D eigenvalue weighted by Gasteiger charge is -2.29. The van der Waals surface area contributed by atoms with Crippen LogP contribution in [0.4, 0.5) is 0 Å². The monoisotopic (exact) mass is 519 g/mol. The predicted molar refractivity (Wildman–Crippen MR) is 123 cm³/mol. The molecule has 2 aliphatic heterocycles. The Bertz CT molecular complexity index is 1040. The van der Waals surface area contributed by atoms with Crippen molar-refractivity contribution in [1.82, 2.24) is 9.88 Å². The molecule has 0 radical (unpaired) electrons. The number of nitrogens with zero attached hydrogens (tertiary/aromatic N) is 2. The first-order valence-electron chi connectivity index (χ1n) is 10.7. The van der Waals surface area contributed by atoms with E-state index in [0.29, 0.717) is 17.1 Å². The quantitative estimate of drug-likeness (QED) is 0.555. The topological polar surface area (TPSA) is 87.0 Å². The Hall–Kier alpha value is -2.07. The van der Waals surface area contributed by atoms with Gasteiger partial charge in [-0.15, -0.1) is 11.3 Å². The second kappa shape index (κ2) is 9.82. The van der Waals surface area contributed by atoms with Gasteiger partial charge >= 0.3 is 0 Å². The smallest absolute Gasteiger partial charge is 0.239 e. The van der Waals surface area contributed by atoms with Crippen LogP contribution >= 0.6 is 27.3 Å². The highest BCUT2D eigenvalue weighted by molar-refractivity contribution is 9.10. The van der Waals surface area contributed by atoms with Crippen LogP contribution in [0.1, 0.15) is 38.4 Å². The molecule has 1 unspecified atom stereocenters. The van der Waals surface area contributed by atoms with E-state index in [1.165, 1.54) is 16.2 Å². The molecule has 1 fully saturated rings. The van der Waals surface area contributed by atoms with E-state index in [1.807, 2.05) is 31.2 Å². The number of benzene rings is 1. The number of rotatable bonds is 7. The fourth-order valence-corrected chi connectivity index (χ4v) is 5.50. The molecule has 1 aromatic carbocycles. The molecule has 2 aliphatic rings. The molecule has 1 atom stereocenters. The van der Waals surface area contributed by atoms with Gasteiger partial charge in [0.15, 0.2) is 0 Å². The molecule has 3 heterocycles. The number of amides is 1. The minimum atomic E-state index is -0.702. The van der Waals surface area contributed by atoms with Crippen LogP contribution in [0.2, 0.25) is 0 Å². The lowest BCUT2D eigenvalue weighted by molar-refractivity contribution is -0.908. The van der Waals surface area contributed by atoms with Crippen molar-refractivity contribution in [3.8, 4) is 0 Å². The van der Waals surface area contributed by atoms with Gasteiger partial charge in [-0.05, 0) is 37.3 Å². The number of hydrogen-bond donors (Lipinski definition) is 1. The Balaban J connectivity index is 1.63. The molecule has 0 saturated carbocycles. The second-order valence-corrected chi connectivity index (χ2v) is 10.3. The van der Waals surface area contributed by atoms with Crippen molar-refractivity contribution in [2.75, 3.05) is 39.4 Å². The summed E-state index contributed by atoms with van der Waals surface area (Å²) in [6, 6.07) is 6.76. The van der Waals surface area contributed by atoms with Gasteiger partial charge in [0.05, 0.1) is 41.4 Å². The molecule has 1 amide bonds. The summed E-state index contributed by atoms with van der Waals surface area (Å²) in [7, 11) is 0. The Morgan fingerprint density at radius 1 is 1.28 bits per heavy atom. The number of Topliss-reactive ketones (excluding diaryl/α,β-unsaturated/α-hetero) is 1. The van der Waals surface area contributed by atoms with Gasteiger partial charge in [-0.1, -0.05) is 28.1 Å². The third-order valence-corrected chi connectivity index (χ3v) is 7.55. The third kappa shape index (κ3) is 4.66. The Kier molecular flexibility index (Phi) is 7.09. The van der Waals surface area contributed by atoms with E-state index < -0.39 is 17.7 Å². The van der Waals surface area contributed by atoms with E-state index >= 15 is 0 Å². The molecule has 32 heavy (non-hydrogen) atoms. The van der Waals surface area contributed by atoms with Crippen LogP contribution in [-0.2, 0) is 9.53 Å². The largest absolute Gasteiger partial charge is 0.868 e. The molecule has 2 aromatic rings. The second-order valence-electron chi connectivity index (χ2n) is 8.14. The van der Waals surface area contributed by atoms with Crippen LogP contribution in [-0.4, -0.2) is 61.0 Å². The van der Waals surface area contributed by atoms with E-state index in [0.717, 1.165) is 54.3 Å². The fourth-order valence-electron chi connectivity index (χ4n) is 4.37. The van der Waals surface area contributed by atoms with Gasteiger partial charge in [-0.25, -0.2) is 4.98 Å². The Morgan fingerprint density at radius 2 is 1.97 bits per heavy atom. The number of thiazole rings is 1. The third-order valence-electron chi connectivity index (χ3n) is 5.95. The highest BCUT2D eigenvalue weighted by Crippen LogP contribution is 2.39. The molecule has 1 aromatic heterocycles. The van der Waals surface area contributed by atoms with Gasteiger partial charge < -0.3 is 19.6 Å². The standard InChI is InChI=1S/C23H26BrN3O4S/c1-14-22(32-15(2)25-14)20(28)18-19(16-4-6-17(24)7-5-16)27(23(30)21(18)29)9-3-8-26-10-12-31-13-11-26/h4-7,19,29H,3,8-13H2,1-2H3. The maximum Gasteiger partial charge on any atom is 0.239 e. The van der Waals surface area contributed by atoms with Crippen LogP contribution in [0, 0.1) is 13.8 Å². The number of nitrogens with one attached hydrogen (secondary N) is 1. The number of carbonyl (C=O) groups is 2. The number of halogens is 1. The van der Waals surface area contributed by atoms with Crippen LogP contribution < -0.4 is 10.0 Å². The summed E-state index contributed by atoms with van der Waals surface area (Å²) in [5.74, 6) is -1.69. The summed E-state index contributed by atoms with van der Waals surface area (Å²) in [4.78, 5) is 34.3. The van der Waals surface area contributed by atoms with Crippen LogP contribution in [0.25, 0.3) is 0 Å². The highest BCUT2D eigenvalue weighted by Gasteiger charge is 2.40. The van der Waals surface area contributed by atoms with Crippen molar-refractivity contribution in [3.63, 3.8) is 0 Å². The molecule has 0 bridgehead atoms. The van der Waals surface area contributed by atoms with Crippen molar-refractivity contribution >= 4 is 39.0 Å². The number of carbonyl (C=O) groups excluding carboxylic acids is 2. The minimum Gasteiger partial charge on any atom is -0.868 e. The van der Waals surface area contributed by atoms with E-state index in [9.17, 15) is 14.7 Å². The molecule has 9 heteroatoms. The number of ether oxygens (including phenoxy) is 1. The zero-order valence-electron chi connectivity index (χ0n) is 18.2. The van der Waals surface area contributed by atoms with Gasteiger partial charge in [-0.2, -0.15) is 0 Å². The summed E-state index contributed by atoms with van der Waals surface area (Å²) in [5.41, 5.74) is 1.38. The number of ketones is 1. The molecule has 170 valence electrons. The number of hydrogen-bond acceptors (Lipinski definition) is 6. The normalized spacial score (nSPS) is 19.8. The van der Waals surface area contributed by atoms with E-state index in [-0.39, 0.29) is 11.4 Å². The molecule has 1 saturated heterocycles. The maximum atomic E-state index is 13.5. The summed E-state index contributed by atoms with van der Waals surface area (Å²) in [6.07, 6.45) is 0.752. The predicted octanol–water partition coefficient (Wildman–Crippen LogP) is 1.21. The van der Waals surface area contributed by atoms with E-state index in [1.54, 1.807) is 11.8 Å². The van der Waals surface area contributed by atoms with Gasteiger partial charge in [0.2, 0.25) is 11.7 Å². The summed E-state index contributed by atoms with van der Waals surface area (Å²) < 4.78 is 6.30. The number of quaternary nitrogens is 1. The lowest BCUT2D eigenvalue weighted by Crippen LogP contribution is -3.14. The van der Waals surface area contributed by atoms with E-state index in [4.69, 9.17) is 4.74 Å². The van der Waals surface area contributed by atoms with E-state index in [2.05, 4.69) is 20.9 Å². The first-order valence-corrected chi connectivity index (χ1v) is 12.4. The zero-order chi connectivity index (χ0) is 22.8. The molecule has 1 N–H and O–H groups in total. The van der Waals surface area contributed by atoms with Crippen molar-refractivity contribution in [3.05, 3.63) is 61.2 Å². The molecule has 7 nitrogen and oxygen atoms in total. The molecule has 0 aliphatic carbocycles. The van der Waals surface area contributed by atoms with Gasteiger partial charge in [-0.3, -0.25) is 9.59 Å².